The van der Waals surface area contributed by atoms with E-state index in [1.54, 1.807) is 0 Å². The Balaban J connectivity index is 1.09. The molecule has 9 aromatic carbocycles. The van der Waals surface area contributed by atoms with Crippen LogP contribution >= 0.6 is 0 Å². The molecular formula is C54H35BN2O2. The molecule has 2 aliphatic heterocycles. The summed E-state index contributed by atoms with van der Waals surface area (Å²) in [5.74, 6) is 3.43. The highest BCUT2D eigenvalue weighted by Crippen LogP contribution is 2.46. The SMILES string of the molecule is c1ccc(-c2ccc(N(c3ccc(-c4ccccc4)cc3)c3ccc4c5c6c7c(cc5n(-c5ccccc5)c4c3)Oc3ccccc3B7c3ccccc3O6)cc2)cc1. The molecule has 59 heavy (non-hydrogen) atoms. The number of benzene rings is 9. The van der Waals surface area contributed by atoms with Crippen LogP contribution in [-0.2, 0) is 0 Å². The van der Waals surface area contributed by atoms with Crippen LogP contribution in [-0.4, -0.2) is 11.3 Å². The first-order chi connectivity index (χ1) is 29.3. The third-order valence-electron chi connectivity index (χ3n) is 11.9. The Labute approximate surface area is 342 Å². The van der Waals surface area contributed by atoms with Crippen LogP contribution in [0.4, 0.5) is 17.1 Å². The van der Waals surface area contributed by atoms with Crippen LogP contribution in [0.15, 0.2) is 212 Å². The quantitative estimate of drug-likeness (QED) is 0.158. The highest BCUT2D eigenvalue weighted by atomic mass is 16.5. The van der Waals surface area contributed by atoms with E-state index in [2.05, 4.69) is 216 Å². The Morgan fingerprint density at radius 1 is 0.390 bits per heavy atom. The van der Waals surface area contributed by atoms with Gasteiger partial charge in [0.2, 0.25) is 0 Å². The number of rotatable bonds is 6. The summed E-state index contributed by atoms with van der Waals surface area (Å²) in [6.07, 6.45) is 0. The van der Waals surface area contributed by atoms with Gasteiger partial charge >= 0.3 is 0 Å². The average molecular weight is 755 g/mol. The fraction of sp³-hybridized carbons (Fsp3) is 0. The first kappa shape index (κ1) is 33.4. The number of hydrogen-bond acceptors (Lipinski definition) is 3. The number of fused-ring (bicyclic) bond motifs is 8. The van der Waals surface area contributed by atoms with Crippen LogP contribution in [0.5, 0.6) is 23.0 Å². The third-order valence-corrected chi connectivity index (χ3v) is 11.9. The molecular weight excluding hydrogens is 719 g/mol. The van der Waals surface area contributed by atoms with Gasteiger partial charge in [-0.2, -0.15) is 0 Å². The van der Waals surface area contributed by atoms with Crippen molar-refractivity contribution in [1.29, 1.82) is 0 Å². The number of para-hydroxylation sites is 3. The lowest BCUT2D eigenvalue weighted by Crippen LogP contribution is -2.57. The Morgan fingerprint density at radius 2 is 0.881 bits per heavy atom. The normalized spacial score (nSPS) is 12.3. The molecule has 4 nitrogen and oxygen atoms in total. The van der Waals surface area contributed by atoms with Crippen LogP contribution in [0, 0.1) is 0 Å². The molecule has 0 fully saturated rings. The molecule has 276 valence electrons. The summed E-state index contributed by atoms with van der Waals surface area (Å²) < 4.78 is 16.2. The van der Waals surface area contributed by atoms with Crippen LogP contribution < -0.4 is 30.8 Å². The number of nitrogens with zero attached hydrogens (tertiary/aromatic N) is 2. The number of ether oxygens (including phenoxy) is 2. The van der Waals surface area contributed by atoms with E-state index in [4.69, 9.17) is 9.47 Å². The van der Waals surface area contributed by atoms with Gasteiger partial charge in [0.15, 0.2) is 0 Å². The van der Waals surface area contributed by atoms with Crippen molar-refractivity contribution >= 4 is 62.0 Å². The Morgan fingerprint density at radius 3 is 1.47 bits per heavy atom. The van der Waals surface area contributed by atoms with Gasteiger partial charge in [0, 0.05) is 39.7 Å². The van der Waals surface area contributed by atoms with E-state index in [1.807, 2.05) is 6.07 Å². The van der Waals surface area contributed by atoms with Crippen LogP contribution in [0.1, 0.15) is 0 Å². The highest BCUT2D eigenvalue weighted by Gasteiger charge is 2.41. The molecule has 0 aliphatic carbocycles. The van der Waals surface area contributed by atoms with Crippen molar-refractivity contribution in [1.82, 2.24) is 4.57 Å². The van der Waals surface area contributed by atoms with E-state index in [0.29, 0.717) is 0 Å². The fourth-order valence-corrected chi connectivity index (χ4v) is 9.22. The number of hydrogen-bond donors (Lipinski definition) is 0. The minimum atomic E-state index is -0.0121. The largest absolute Gasteiger partial charge is 0.458 e. The van der Waals surface area contributed by atoms with Gasteiger partial charge in [-0.05, 0) is 99.9 Å². The second kappa shape index (κ2) is 13.4. The van der Waals surface area contributed by atoms with Crippen molar-refractivity contribution in [2.75, 3.05) is 4.90 Å². The standard InChI is InChI=1S/C54H35BN2O2/c1-4-14-36(15-5-1)38-24-28-41(29-25-38)56(42-30-26-39(27-31-42)37-16-6-2-7-17-37)43-32-33-44-47(34-43)57(40-18-8-3-9-19-40)48-35-51-53-54(52(44)48)59-50-23-13-11-21-46(50)55(53)45-20-10-12-22-49(45)58-51/h1-35H. The maximum atomic E-state index is 7.02. The monoisotopic (exact) mass is 754 g/mol. The van der Waals surface area contributed by atoms with Gasteiger partial charge in [0.25, 0.3) is 6.71 Å². The zero-order chi connectivity index (χ0) is 38.9. The third kappa shape index (κ3) is 5.39. The topological polar surface area (TPSA) is 26.6 Å². The second-order valence-corrected chi connectivity index (χ2v) is 15.3. The van der Waals surface area contributed by atoms with Gasteiger partial charge in [0.1, 0.15) is 23.0 Å². The molecule has 1 aromatic heterocycles. The lowest BCUT2D eigenvalue weighted by Gasteiger charge is -2.33. The lowest BCUT2D eigenvalue weighted by molar-refractivity contribution is 0.468. The first-order valence-corrected chi connectivity index (χ1v) is 20.1. The Hall–Kier alpha value is -7.76. The van der Waals surface area contributed by atoms with Crippen molar-refractivity contribution in [3.63, 3.8) is 0 Å². The molecule has 0 bridgehead atoms. The summed E-state index contributed by atoms with van der Waals surface area (Å²) in [4.78, 5) is 2.35. The first-order valence-electron chi connectivity index (χ1n) is 20.1. The molecule has 0 unspecified atom stereocenters. The molecule has 10 aromatic rings. The predicted octanol–water partition coefficient (Wildman–Crippen LogP) is 12.3. The van der Waals surface area contributed by atoms with Crippen LogP contribution in [0.2, 0.25) is 0 Å². The molecule has 3 heterocycles. The molecule has 0 N–H and O–H groups in total. The van der Waals surface area contributed by atoms with E-state index < -0.39 is 0 Å². The molecule has 5 heteroatoms. The zero-order valence-electron chi connectivity index (χ0n) is 32.0. The Bertz CT molecular complexity index is 3110. The summed E-state index contributed by atoms with van der Waals surface area (Å²) >= 11 is 0. The van der Waals surface area contributed by atoms with E-state index in [0.717, 1.165) is 83.9 Å². The number of aromatic nitrogens is 1. The maximum Gasteiger partial charge on any atom is 0.260 e. The van der Waals surface area contributed by atoms with E-state index in [-0.39, 0.29) is 6.71 Å². The van der Waals surface area contributed by atoms with Gasteiger partial charge in [0.05, 0.1) is 16.4 Å². The molecule has 2 aliphatic rings. The molecule has 12 rings (SSSR count). The van der Waals surface area contributed by atoms with Gasteiger partial charge in [-0.25, -0.2) is 0 Å². The van der Waals surface area contributed by atoms with E-state index in [9.17, 15) is 0 Å². The van der Waals surface area contributed by atoms with Crippen molar-refractivity contribution in [3.8, 4) is 50.9 Å². The lowest BCUT2D eigenvalue weighted by atomic mass is 9.35. The molecule has 0 saturated carbocycles. The molecule has 0 saturated heterocycles. The molecule has 0 amide bonds. The van der Waals surface area contributed by atoms with Crippen molar-refractivity contribution in [2.24, 2.45) is 0 Å². The van der Waals surface area contributed by atoms with Crippen molar-refractivity contribution in [3.05, 3.63) is 212 Å². The summed E-state index contributed by atoms with van der Waals surface area (Å²) in [6.45, 7) is -0.0121. The predicted molar refractivity (Wildman–Crippen MR) is 244 cm³/mol. The smallest absolute Gasteiger partial charge is 0.260 e. The zero-order valence-corrected chi connectivity index (χ0v) is 32.0. The maximum absolute atomic E-state index is 7.02. The van der Waals surface area contributed by atoms with Gasteiger partial charge in [-0.3, -0.25) is 0 Å². The van der Waals surface area contributed by atoms with Gasteiger partial charge in [-0.1, -0.05) is 140 Å². The fourth-order valence-electron chi connectivity index (χ4n) is 9.22. The average Bonchev–Trinajstić information content (AvgIpc) is 3.63. The summed E-state index contributed by atoms with van der Waals surface area (Å²) in [6, 6.07) is 75.4. The van der Waals surface area contributed by atoms with Crippen LogP contribution in [0.25, 0.3) is 49.7 Å². The minimum absolute atomic E-state index is 0.0121. The van der Waals surface area contributed by atoms with Crippen LogP contribution in [0.3, 0.4) is 0 Å². The second-order valence-electron chi connectivity index (χ2n) is 15.3. The van der Waals surface area contributed by atoms with E-state index >= 15 is 0 Å². The Kier molecular flexibility index (Phi) is 7.60. The van der Waals surface area contributed by atoms with E-state index in [1.165, 1.54) is 22.3 Å². The molecule has 0 spiro atoms. The van der Waals surface area contributed by atoms with Gasteiger partial charge < -0.3 is 18.9 Å². The summed E-state index contributed by atoms with van der Waals surface area (Å²) in [5, 5.41) is 2.18. The van der Waals surface area contributed by atoms with Gasteiger partial charge in [-0.15, -0.1) is 0 Å². The molecule has 0 radical (unpaired) electrons. The molecule has 0 atom stereocenters. The summed E-state index contributed by atoms with van der Waals surface area (Å²) in [5.41, 5.74) is 14.5. The van der Waals surface area contributed by atoms with Crippen molar-refractivity contribution < 1.29 is 9.47 Å². The number of anilines is 3. The van der Waals surface area contributed by atoms with Crippen molar-refractivity contribution in [2.45, 2.75) is 0 Å². The minimum Gasteiger partial charge on any atom is -0.458 e. The highest BCUT2D eigenvalue weighted by molar-refractivity contribution is 6.98. The summed E-state index contributed by atoms with van der Waals surface area (Å²) in [7, 11) is 0.